The molecule has 0 bridgehead atoms. The van der Waals surface area contributed by atoms with E-state index in [1.165, 1.54) is 0 Å². The van der Waals surface area contributed by atoms with Crippen molar-refractivity contribution in [1.82, 2.24) is 25.7 Å². The summed E-state index contributed by atoms with van der Waals surface area (Å²) in [6.07, 6.45) is 5.76. The minimum Gasteiger partial charge on any atom is -0.308 e. The number of nitrogens with one attached hydrogen (secondary N) is 2. The average Bonchev–Trinajstić information content (AvgIpc) is 3.00. The maximum absolute atomic E-state index is 4.26. The van der Waals surface area contributed by atoms with Gasteiger partial charge in [-0.1, -0.05) is 25.2 Å². The molecule has 0 saturated carbocycles. The molecule has 17 heavy (non-hydrogen) atoms. The van der Waals surface area contributed by atoms with Crippen LogP contribution in [0.25, 0.3) is 10.6 Å². The Labute approximate surface area is 105 Å². The van der Waals surface area contributed by atoms with E-state index in [0.29, 0.717) is 6.04 Å². The van der Waals surface area contributed by atoms with Gasteiger partial charge in [-0.15, -0.1) is 10.2 Å². The number of aromatic amines is 1. The lowest BCUT2D eigenvalue weighted by Crippen LogP contribution is -2.21. The Morgan fingerprint density at radius 3 is 2.94 bits per heavy atom. The van der Waals surface area contributed by atoms with E-state index >= 15 is 0 Å². The summed E-state index contributed by atoms with van der Waals surface area (Å²) in [6, 6.07) is 0.313. The number of hydrogen-bond donors (Lipinski definition) is 2. The molecule has 0 aliphatic rings. The van der Waals surface area contributed by atoms with Crippen LogP contribution in [-0.4, -0.2) is 26.9 Å². The van der Waals surface area contributed by atoms with E-state index in [1.54, 1.807) is 17.5 Å². The average molecular weight is 251 g/mol. The smallest absolute Gasteiger partial charge is 0.151 e. The van der Waals surface area contributed by atoms with E-state index in [9.17, 15) is 0 Å². The van der Waals surface area contributed by atoms with Crippen LogP contribution in [0, 0.1) is 0 Å². The Hall–Kier alpha value is -1.27. The maximum Gasteiger partial charge on any atom is 0.151 e. The summed E-state index contributed by atoms with van der Waals surface area (Å²) in [6.45, 7) is 5.34. The minimum absolute atomic E-state index is 0.313. The second-order valence-electron chi connectivity index (χ2n) is 3.85. The van der Waals surface area contributed by atoms with Crippen molar-refractivity contribution in [3.63, 3.8) is 0 Å². The number of rotatable bonds is 6. The summed E-state index contributed by atoms with van der Waals surface area (Å²) in [5.74, 6) is 0. The molecule has 0 fully saturated rings. The quantitative estimate of drug-likeness (QED) is 0.827. The molecule has 0 radical (unpaired) electrons. The molecule has 1 unspecified atom stereocenters. The van der Waals surface area contributed by atoms with Gasteiger partial charge in [-0.3, -0.25) is 5.10 Å². The fourth-order valence-corrected chi connectivity index (χ4v) is 2.57. The standard InChI is InChI=1S/C11H17N5S/c1-3-5-12-9(4-2)11-16-15-10(17-11)8-6-13-14-7-8/h6-7,9,12H,3-5H2,1-2H3,(H,13,14). The lowest BCUT2D eigenvalue weighted by Gasteiger charge is -2.12. The van der Waals surface area contributed by atoms with Crippen LogP contribution in [0.3, 0.4) is 0 Å². The molecule has 6 heteroatoms. The zero-order valence-electron chi connectivity index (χ0n) is 10.1. The highest BCUT2D eigenvalue weighted by Crippen LogP contribution is 2.27. The van der Waals surface area contributed by atoms with E-state index in [1.807, 2.05) is 6.20 Å². The molecule has 0 aliphatic carbocycles. The zero-order valence-corrected chi connectivity index (χ0v) is 10.9. The molecule has 2 heterocycles. The van der Waals surface area contributed by atoms with E-state index in [4.69, 9.17) is 0 Å². The van der Waals surface area contributed by atoms with E-state index in [0.717, 1.165) is 35.0 Å². The number of H-pyrrole nitrogens is 1. The van der Waals surface area contributed by atoms with Crippen molar-refractivity contribution < 1.29 is 0 Å². The Morgan fingerprint density at radius 2 is 2.29 bits per heavy atom. The molecular weight excluding hydrogens is 234 g/mol. The molecule has 0 saturated heterocycles. The molecule has 0 spiro atoms. The first-order valence-corrected chi connectivity index (χ1v) is 6.72. The van der Waals surface area contributed by atoms with Crippen LogP contribution in [0.5, 0.6) is 0 Å². The van der Waals surface area contributed by atoms with Crippen molar-refractivity contribution in [1.29, 1.82) is 0 Å². The number of nitrogens with zero attached hydrogens (tertiary/aromatic N) is 3. The van der Waals surface area contributed by atoms with Crippen LogP contribution >= 0.6 is 11.3 Å². The summed E-state index contributed by atoms with van der Waals surface area (Å²) < 4.78 is 0. The molecule has 2 N–H and O–H groups in total. The van der Waals surface area contributed by atoms with Crippen molar-refractivity contribution in [3.8, 4) is 10.6 Å². The second kappa shape index (κ2) is 5.88. The molecule has 2 rings (SSSR count). The van der Waals surface area contributed by atoms with E-state index < -0.39 is 0 Å². The SMILES string of the molecule is CCCNC(CC)c1nnc(-c2cn[nH]c2)s1. The van der Waals surface area contributed by atoms with Gasteiger partial charge in [-0.2, -0.15) is 5.10 Å². The van der Waals surface area contributed by atoms with Crippen LogP contribution in [-0.2, 0) is 0 Å². The first kappa shape index (κ1) is 12.2. The third-order valence-electron chi connectivity index (χ3n) is 2.53. The van der Waals surface area contributed by atoms with Crippen molar-refractivity contribution in [2.24, 2.45) is 0 Å². The Kier molecular flexibility index (Phi) is 4.22. The lowest BCUT2D eigenvalue weighted by atomic mass is 10.2. The summed E-state index contributed by atoms with van der Waals surface area (Å²) in [5.41, 5.74) is 0.999. The van der Waals surface area contributed by atoms with Crippen LogP contribution in [0.1, 0.15) is 37.7 Å². The third-order valence-corrected chi connectivity index (χ3v) is 3.62. The highest BCUT2D eigenvalue weighted by molar-refractivity contribution is 7.14. The van der Waals surface area contributed by atoms with Gasteiger partial charge < -0.3 is 5.32 Å². The van der Waals surface area contributed by atoms with Crippen molar-refractivity contribution in [3.05, 3.63) is 17.4 Å². The Bertz CT molecular complexity index is 436. The van der Waals surface area contributed by atoms with Gasteiger partial charge in [0.15, 0.2) is 5.01 Å². The maximum atomic E-state index is 4.26. The number of aromatic nitrogens is 4. The highest BCUT2D eigenvalue weighted by Gasteiger charge is 2.15. The molecule has 92 valence electrons. The van der Waals surface area contributed by atoms with Crippen LogP contribution in [0.2, 0.25) is 0 Å². The zero-order chi connectivity index (χ0) is 12.1. The highest BCUT2D eigenvalue weighted by atomic mass is 32.1. The van der Waals surface area contributed by atoms with Gasteiger partial charge in [0.25, 0.3) is 0 Å². The molecule has 2 aromatic heterocycles. The van der Waals surface area contributed by atoms with Gasteiger partial charge in [0, 0.05) is 6.20 Å². The summed E-state index contributed by atoms with van der Waals surface area (Å²) >= 11 is 1.63. The number of hydrogen-bond acceptors (Lipinski definition) is 5. The Morgan fingerprint density at radius 1 is 1.41 bits per heavy atom. The molecule has 1 atom stereocenters. The van der Waals surface area contributed by atoms with Gasteiger partial charge in [-0.25, -0.2) is 0 Å². The molecule has 0 amide bonds. The normalized spacial score (nSPS) is 12.8. The summed E-state index contributed by atoms with van der Waals surface area (Å²) in [7, 11) is 0. The topological polar surface area (TPSA) is 66.5 Å². The van der Waals surface area contributed by atoms with Gasteiger partial charge in [0.1, 0.15) is 5.01 Å². The first-order valence-electron chi connectivity index (χ1n) is 5.91. The predicted molar refractivity (Wildman–Crippen MR) is 68.8 cm³/mol. The lowest BCUT2D eigenvalue weighted by molar-refractivity contribution is 0.513. The molecule has 0 aliphatic heterocycles. The van der Waals surface area contributed by atoms with Gasteiger partial charge in [0.05, 0.1) is 17.8 Å². The summed E-state index contributed by atoms with van der Waals surface area (Å²) in [5, 5.41) is 20.6. The Balaban J connectivity index is 2.11. The molecule has 2 aromatic rings. The minimum atomic E-state index is 0.313. The van der Waals surface area contributed by atoms with Gasteiger partial charge >= 0.3 is 0 Å². The molecular formula is C11H17N5S. The predicted octanol–water partition coefficient (Wildman–Crippen LogP) is 2.38. The molecule has 0 aromatic carbocycles. The van der Waals surface area contributed by atoms with Crippen LogP contribution < -0.4 is 5.32 Å². The van der Waals surface area contributed by atoms with Crippen molar-refractivity contribution in [2.75, 3.05) is 6.54 Å². The fourth-order valence-electron chi connectivity index (χ4n) is 1.58. The molecule has 5 nitrogen and oxygen atoms in total. The first-order chi connectivity index (χ1) is 8.35. The van der Waals surface area contributed by atoms with Crippen molar-refractivity contribution >= 4 is 11.3 Å². The van der Waals surface area contributed by atoms with Crippen LogP contribution in [0.4, 0.5) is 0 Å². The van der Waals surface area contributed by atoms with E-state index in [2.05, 4.69) is 39.6 Å². The van der Waals surface area contributed by atoms with Gasteiger partial charge in [-0.05, 0) is 19.4 Å². The largest absolute Gasteiger partial charge is 0.308 e. The van der Waals surface area contributed by atoms with Gasteiger partial charge in [0.2, 0.25) is 0 Å². The second-order valence-corrected chi connectivity index (χ2v) is 4.86. The fraction of sp³-hybridized carbons (Fsp3) is 0.545. The van der Waals surface area contributed by atoms with Crippen LogP contribution in [0.15, 0.2) is 12.4 Å². The summed E-state index contributed by atoms with van der Waals surface area (Å²) in [4.78, 5) is 0. The third kappa shape index (κ3) is 2.89. The monoisotopic (exact) mass is 251 g/mol. The van der Waals surface area contributed by atoms with E-state index in [-0.39, 0.29) is 0 Å². The van der Waals surface area contributed by atoms with Crippen molar-refractivity contribution in [2.45, 2.75) is 32.7 Å².